The first-order chi connectivity index (χ1) is 12.5. The Morgan fingerprint density at radius 3 is 2.69 bits per heavy atom. The topological polar surface area (TPSA) is 81.4 Å². The summed E-state index contributed by atoms with van der Waals surface area (Å²) >= 11 is 1.18. The summed E-state index contributed by atoms with van der Waals surface area (Å²) in [5.41, 5.74) is 0.964. The van der Waals surface area contributed by atoms with Crippen LogP contribution in [0, 0.1) is 6.92 Å². The largest absolute Gasteiger partial charge is 0.494 e. The number of aromatic nitrogens is 2. The minimum absolute atomic E-state index is 0.0171. The SMILES string of the molecule is CCc1ccc(OCCCn2c(C)nc3scc(C(=O)O)c3c2=O)cc1. The number of aryl methyl sites for hydroxylation is 2. The molecule has 6 nitrogen and oxygen atoms in total. The van der Waals surface area contributed by atoms with Crippen LogP contribution in [-0.4, -0.2) is 27.2 Å². The minimum atomic E-state index is -1.11. The van der Waals surface area contributed by atoms with Gasteiger partial charge in [-0.05, 0) is 37.5 Å². The van der Waals surface area contributed by atoms with E-state index >= 15 is 0 Å². The molecule has 0 saturated heterocycles. The number of aromatic carboxylic acids is 1. The van der Waals surface area contributed by atoms with Gasteiger partial charge in [0.1, 0.15) is 16.4 Å². The molecule has 0 aliphatic carbocycles. The highest BCUT2D eigenvalue weighted by atomic mass is 32.1. The lowest BCUT2D eigenvalue weighted by molar-refractivity contribution is 0.0699. The van der Waals surface area contributed by atoms with Crippen molar-refractivity contribution < 1.29 is 14.6 Å². The normalized spacial score (nSPS) is 11.0. The fraction of sp³-hybridized carbons (Fsp3) is 0.316. The number of carboxylic acid groups (broad SMARTS) is 1. The molecule has 0 saturated carbocycles. The van der Waals surface area contributed by atoms with Crippen LogP contribution in [0.2, 0.25) is 0 Å². The van der Waals surface area contributed by atoms with Crippen LogP contribution in [-0.2, 0) is 13.0 Å². The first-order valence-corrected chi connectivity index (χ1v) is 9.33. The summed E-state index contributed by atoms with van der Waals surface area (Å²) in [6, 6.07) is 7.94. The Hall–Kier alpha value is -2.67. The highest BCUT2D eigenvalue weighted by molar-refractivity contribution is 7.17. The standard InChI is InChI=1S/C19H20N2O4S/c1-3-13-5-7-14(8-6-13)25-10-4-9-21-12(2)20-17-16(18(21)22)15(11-26-17)19(23)24/h5-8,11H,3-4,9-10H2,1-2H3,(H,23,24). The molecule has 0 atom stereocenters. The summed E-state index contributed by atoms with van der Waals surface area (Å²) in [4.78, 5) is 28.8. The van der Waals surface area contributed by atoms with Crippen LogP contribution in [0.3, 0.4) is 0 Å². The number of rotatable bonds is 7. The van der Waals surface area contributed by atoms with Crippen molar-refractivity contribution >= 4 is 27.5 Å². The molecule has 0 aliphatic heterocycles. The minimum Gasteiger partial charge on any atom is -0.494 e. The second-order valence-corrected chi connectivity index (χ2v) is 6.81. The zero-order valence-electron chi connectivity index (χ0n) is 14.7. The van der Waals surface area contributed by atoms with Crippen LogP contribution in [0.5, 0.6) is 5.75 Å². The molecule has 3 aromatic rings. The summed E-state index contributed by atoms with van der Waals surface area (Å²) in [7, 11) is 0. The van der Waals surface area contributed by atoms with Crippen LogP contribution in [0.15, 0.2) is 34.4 Å². The van der Waals surface area contributed by atoms with Gasteiger partial charge in [0.2, 0.25) is 0 Å². The molecule has 0 amide bonds. The highest BCUT2D eigenvalue weighted by Gasteiger charge is 2.18. The van der Waals surface area contributed by atoms with Crippen molar-refractivity contribution in [3.05, 3.63) is 57.0 Å². The number of hydrogen-bond acceptors (Lipinski definition) is 5. The fourth-order valence-electron chi connectivity index (χ4n) is 2.78. The monoisotopic (exact) mass is 372 g/mol. The van der Waals surface area contributed by atoms with Gasteiger partial charge in [-0.1, -0.05) is 19.1 Å². The average Bonchev–Trinajstić information content (AvgIpc) is 3.05. The molecule has 0 fully saturated rings. The summed E-state index contributed by atoms with van der Waals surface area (Å²) < 4.78 is 7.23. The first kappa shape index (κ1) is 18.1. The van der Waals surface area contributed by atoms with Crippen LogP contribution >= 0.6 is 11.3 Å². The van der Waals surface area contributed by atoms with E-state index < -0.39 is 5.97 Å². The van der Waals surface area contributed by atoms with Gasteiger partial charge in [-0.25, -0.2) is 9.78 Å². The molecule has 0 radical (unpaired) electrons. The van der Waals surface area contributed by atoms with E-state index in [4.69, 9.17) is 4.74 Å². The second kappa shape index (κ2) is 7.70. The van der Waals surface area contributed by atoms with Crippen molar-refractivity contribution in [2.45, 2.75) is 33.2 Å². The summed E-state index contributed by atoms with van der Waals surface area (Å²) in [6.45, 7) is 4.75. The van der Waals surface area contributed by atoms with E-state index in [9.17, 15) is 14.7 Å². The van der Waals surface area contributed by atoms with Crippen LogP contribution < -0.4 is 10.3 Å². The molecule has 2 aromatic heterocycles. The number of benzene rings is 1. The quantitative estimate of drug-likeness (QED) is 0.642. The van der Waals surface area contributed by atoms with E-state index in [1.165, 1.54) is 26.8 Å². The molecule has 7 heteroatoms. The Labute approximate surface area is 154 Å². The predicted octanol–water partition coefficient (Wildman–Crippen LogP) is 3.50. The van der Waals surface area contributed by atoms with Crippen molar-refractivity contribution in [1.82, 2.24) is 9.55 Å². The molecule has 2 heterocycles. The van der Waals surface area contributed by atoms with Gasteiger partial charge in [-0.15, -0.1) is 11.3 Å². The van der Waals surface area contributed by atoms with Gasteiger partial charge in [0, 0.05) is 11.9 Å². The van der Waals surface area contributed by atoms with Crippen molar-refractivity contribution in [1.29, 1.82) is 0 Å². The van der Waals surface area contributed by atoms with Gasteiger partial charge >= 0.3 is 5.97 Å². The Morgan fingerprint density at radius 2 is 2.04 bits per heavy atom. The number of ether oxygens (including phenoxy) is 1. The van der Waals surface area contributed by atoms with Gasteiger partial charge in [-0.3, -0.25) is 9.36 Å². The Bertz CT molecular complexity index is 989. The van der Waals surface area contributed by atoms with Crippen LogP contribution in [0.4, 0.5) is 0 Å². The Kier molecular flexibility index (Phi) is 5.37. The van der Waals surface area contributed by atoms with E-state index in [1.807, 2.05) is 24.3 Å². The summed E-state index contributed by atoms with van der Waals surface area (Å²) in [6.07, 6.45) is 1.61. The zero-order chi connectivity index (χ0) is 18.7. The van der Waals surface area contributed by atoms with E-state index in [0.29, 0.717) is 30.2 Å². The first-order valence-electron chi connectivity index (χ1n) is 8.45. The van der Waals surface area contributed by atoms with Gasteiger partial charge in [-0.2, -0.15) is 0 Å². The zero-order valence-corrected chi connectivity index (χ0v) is 15.5. The van der Waals surface area contributed by atoms with Gasteiger partial charge in [0.15, 0.2) is 0 Å². The number of nitrogens with zero attached hydrogens (tertiary/aromatic N) is 2. The fourth-order valence-corrected chi connectivity index (χ4v) is 3.73. The van der Waals surface area contributed by atoms with Crippen molar-refractivity contribution in [3.8, 4) is 5.75 Å². The summed E-state index contributed by atoms with van der Waals surface area (Å²) in [5, 5.41) is 10.9. The maximum atomic E-state index is 12.7. The third kappa shape index (κ3) is 3.62. The van der Waals surface area contributed by atoms with E-state index in [1.54, 1.807) is 6.92 Å². The molecule has 0 unspecified atom stereocenters. The average molecular weight is 372 g/mol. The third-order valence-corrected chi connectivity index (χ3v) is 5.11. The van der Waals surface area contributed by atoms with Crippen molar-refractivity contribution in [2.24, 2.45) is 0 Å². The van der Waals surface area contributed by atoms with Crippen LogP contribution in [0.25, 0.3) is 10.2 Å². The molecule has 0 aliphatic rings. The predicted molar refractivity (Wildman–Crippen MR) is 102 cm³/mol. The Balaban J connectivity index is 1.71. The second-order valence-electron chi connectivity index (χ2n) is 5.95. The molecule has 1 N–H and O–H groups in total. The smallest absolute Gasteiger partial charge is 0.337 e. The molecule has 0 bridgehead atoms. The van der Waals surface area contributed by atoms with E-state index in [-0.39, 0.29) is 16.5 Å². The van der Waals surface area contributed by atoms with Gasteiger partial charge in [0.25, 0.3) is 5.56 Å². The maximum absolute atomic E-state index is 12.7. The third-order valence-electron chi connectivity index (χ3n) is 4.24. The van der Waals surface area contributed by atoms with Crippen molar-refractivity contribution in [3.63, 3.8) is 0 Å². The number of hydrogen-bond donors (Lipinski definition) is 1. The molecule has 1 aromatic carbocycles. The number of fused-ring (bicyclic) bond motifs is 1. The molecule has 0 spiro atoms. The lowest BCUT2D eigenvalue weighted by Crippen LogP contribution is -2.25. The van der Waals surface area contributed by atoms with Gasteiger partial charge in [0.05, 0.1) is 17.6 Å². The lowest BCUT2D eigenvalue weighted by Gasteiger charge is -2.11. The molecular formula is C19H20N2O4S. The van der Waals surface area contributed by atoms with E-state index in [2.05, 4.69) is 11.9 Å². The molecular weight excluding hydrogens is 352 g/mol. The lowest BCUT2D eigenvalue weighted by atomic mass is 10.2. The van der Waals surface area contributed by atoms with Crippen LogP contribution in [0.1, 0.15) is 35.1 Å². The number of carboxylic acids is 1. The van der Waals surface area contributed by atoms with Crippen molar-refractivity contribution in [2.75, 3.05) is 6.61 Å². The summed E-state index contributed by atoms with van der Waals surface area (Å²) in [5.74, 6) is 0.267. The molecule has 136 valence electrons. The highest BCUT2D eigenvalue weighted by Crippen LogP contribution is 2.21. The molecule has 3 rings (SSSR count). The number of thiophene rings is 1. The van der Waals surface area contributed by atoms with Gasteiger partial charge < -0.3 is 9.84 Å². The Morgan fingerprint density at radius 1 is 1.31 bits per heavy atom. The maximum Gasteiger partial charge on any atom is 0.337 e. The number of carbonyl (C=O) groups is 1. The molecule has 26 heavy (non-hydrogen) atoms. The van der Waals surface area contributed by atoms with E-state index in [0.717, 1.165) is 12.2 Å².